The molecule has 1 amide bonds. The smallest absolute Gasteiger partial charge is 0.257 e. The minimum absolute atomic E-state index is 0.237. The molecule has 1 heterocycles. The standard InChI is InChI=1S/C16H15N3O2/c1-2-21-15-8-5-13(11-18-15)16(20)19-14-6-3-12(4-7-14)9-10-17/h3-8,11H,2,9H2,1H3,(H,19,20). The first-order valence-electron chi connectivity index (χ1n) is 6.59. The number of rotatable bonds is 5. The molecule has 1 N–H and O–H groups in total. The summed E-state index contributed by atoms with van der Waals surface area (Å²) >= 11 is 0. The Kier molecular flexibility index (Phi) is 4.89. The van der Waals surface area contributed by atoms with Crippen LogP contribution in [0.4, 0.5) is 5.69 Å². The van der Waals surface area contributed by atoms with Gasteiger partial charge in [0.05, 0.1) is 24.7 Å². The molecule has 0 aliphatic rings. The highest BCUT2D eigenvalue weighted by molar-refractivity contribution is 6.04. The van der Waals surface area contributed by atoms with E-state index in [1.165, 1.54) is 6.20 Å². The van der Waals surface area contributed by atoms with E-state index >= 15 is 0 Å². The Morgan fingerprint density at radius 3 is 2.62 bits per heavy atom. The monoisotopic (exact) mass is 281 g/mol. The molecular formula is C16H15N3O2. The summed E-state index contributed by atoms with van der Waals surface area (Å²) in [4.78, 5) is 16.1. The molecule has 0 saturated carbocycles. The van der Waals surface area contributed by atoms with Crippen LogP contribution in [0.1, 0.15) is 22.8 Å². The molecule has 106 valence electrons. The number of nitrogens with zero attached hydrogens (tertiary/aromatic N) is 2. The fraction of sp³-hybridized carbons (Fsp3) is 0.188. The zero-order chi connectivity index (χ0) is 15.1. The van der Waals surface area contributed by atoms with Crippen LogP contribution in [-0.4, -0.2) is 17.5 Å². The number of nitriles is 1. The van der Waals surface area contributed by atoms with Crippen LogP contribution in [-0.2, 0) is 6.42 Å². The van der Waals surface area contributed by atoms with Crippen molar-refractivity contribution in [3.63, 3.8) is 0 Å². The molecular weight excluding hydrogens is 266 g/mol. The fourth-order valence-corrected chi connectivity index (χ4v) is 1.75. The lowest BCUT2D eigenvalue weighted by molar-refractivity contribution is 0.102. The lowest BCUT2D eigenvalue weighted by atomic mass is 10.1. The van der Waals surface area contributed by atoms with Crippen LogP contribution in [0.25, 0.3) is 0 Å². The van der Waals surface area contributed by atoms with E-state index in [0.717, 1.165) is 5.56 Å². The first-order chi connectivity index (χ1) is 10.2. The van der Waals surface area contributed by atoms with E-state index in [1.54, 1.807) is 24.3 Å². The molecule has 5 nitrogen and oxygen atoms in total. The van der Waals surface area contributed by atoms with Crippen molar-refractivity contribution in [1.29, 1.82) is 5.26 Å². The van der Waals surface area contributed by atoms with Crippen LogP contribution < -0.4 is 10.1 Å². The zero-order valence-electron chi connectivity index (χ0n) is 11.7. The number of pyridine rings is 1. The third-order valence-corrected chi connectivity index (χ3v) is 2.79. The maximum atomic E-state index is 12.0. The lowest BCUT2D eigenvalue weighted by Crippen LogP contribution is -2.12. The summed E-state index contributed by atoms with van der Waals surface area (Å²) < 4.78 is 5.23. The number of carbonyl (C=O) groups is 1. The average Bonchev–Trinajstić information content (AvgIpc) is 2.50. The Balaban J connectivity index is 2.02. The maximum absolute atomic E-state index is 12.0. The number of amides is 1. The van der Waals surface area contributed by atoms with E-state index in [2.05, 4.69) is 16.4 Å². The van der Waals surface area contributed by atoms with Gasteiger partial charge >= 0.3 is 0 Å². The third-order valence-electron chi connectivity index (χ3n) is 2.79. The van der Waals surface area contributed by atoms with E-state index < -0.39 is 0 Å². The van der Waals surface area contributed by atoms with Crippen LogP contribution in [0.15, 0.2) is 42.6 Å². The van der Waals surface area contributed by atoms with Crippen molar-refractivity contribution in [2.24, 2.45) is 0 Å². The van der Waals surface area contributed by atoms with Crippen molar-refractivity contribution < 1.29 is 9.53 Å². The van der Waals surface area contributed by atoms with Gasteiger partial charge in [0.2, 0.25) is 5.88 Å². The summed E-state index contributed by atoms with van der Waals surface area (Å²) in [6.07, 6.45) is 1.83. The SMILES string of the molecule is CCOc1ccc(C(=O)Nc2ccc(CC#N)cc2)cn1. The van der Waals surface area contributed by atoms with E-state index in [0.29, 0.717) is 30.2 Å². The molecule has 1 aromatic carbocycles. The van der Waals surface area contributed by atoms with Crippen molar-refractivity contribution in [3.8, 4) is 11.9 Å². The summed E-state index contributed by atoms with van der Waals surface area (Å²) in [6.45, 7) is 2.41. The van der Waals surface area contributed by atoms with Gasteiger partial charge in [-0.05, 0) is 30.7 Å². The van der Waals surface area contributed by atoms with Gasteiger partial charge in [-0.3, -0.25) is 4.79 Å². The van der Waals surface area contributed by atoms with Gasteiger partial charge < -0.3 is 10.1 Å². The summed E-state index contributed by atoms with van der Waals surface area (Å²) in [5.41, 5.74) is 2.05. The molecule has 5 heteroatoms. The highest BCUT2D eigenvalue weighted by Gasteiger charge is 2.07. The van der Waals surface area contributed by atoms with Crippen molar-refractivity contribution in [1.82, 2.24) is 4.98 Å². The first-order valence-corrected chi connectivity index (χ1v) is 6.59. The fourth-order valence-electron chi connectivity index (χ4n) is 1.75. The molecule has 0 atom stereocenters. The molecule has 2 aromatic rings. The van der Waals surface area contributed by atoms with E-state index in [9.17, 15) is 4.79 Å². The van der Waals surface area contributed by atoms with Gasteiger partial charge in [-0.1, -0.05) is 12.1 Å². The number of benzene rings is 1. The van der Waals surface area contributed by atoms with Gasteiger partial charge in [0.15, 0.2) is 0 Å². The van der Waals surface area contributed by atoms with Gasteiger partial charge in [0.25, 0.3) is 5.91 Å². The predicted octanol–water partition coefficient (Wildman–Crippen LogP) is 2.80. The molecule has 0 bridgehead atoms. The number of anilines is 1. The molecule has 0 aliphatic heterocycles. The minimum atomic E-state index is -0.237. The number of ether oxygens (including phenoxy) is 1. The van der Waals surface area contributed by atoms with Crippen molar-refractivity contribution in [2.75, 3.05) is 11.9 Å². The molecule has 0 radical (unpaired) electrons. The Labute approximate surface area is 123 Å². The number of hydrogen-bond donors (Lipinski definition) is 1. The molecule has 0 unspecified atom stereocenters. The second-order valence-corrected chi connectivity index (χ2v) is 4.30. The second-order valence-electron chi connectivity index (χ2n) is 4.30. The molecule has 0 aliphatic carbocycles. The molecule has 2 rings (SSSR count). The third kappa shape index (κ3) is 4.05. The van der Waals surface area contributed by atoms with Crippen LogP contribution in [0.5, 0.6) is 5.88 Å². The van der Waals surface area contributed by atoms with Crippen LogP contribution in [0, 0.1) is 11.3 Å². The van der Waals surface area contributed by atoms with Crippen molar-refractivity contribution in [2.45, 2.75) is 13.3 Å². The number of aromatic nitrogens is 1. The Morgan fingerprint density at radius 2 is 2.05 bits per heavy atom. The van der Waals surface area contributed by atoms with Gasteiger partial charge in [0.1, 0.15) is 0 Å². The molecule has 0 saturated heterocycles. The Hall–Kier alpha value is -2.87. The van der Waals surface area contributed by atoms with Gasteiger partial charge in [-0.25, -0.2) is 4.98 Å². The van der Waals surface area contributed by atoms with E-state index in [4.69, 9.17) is 10.00 Å². The first kappa shape index (κ1) is 14.5. The maximum Gasteiger partial charge on any atom is 0.257 e. The van der Waals surface area contributed by atoms with Gasteiger partial charge in [0, 0.05) is 18.0 Å². The van der Waals surface area contributed by atoms with Gasteiger partial charge in [-0.15, -0.1) is 0 Å². The molecule has 0 spiro atoms. The van der Waals surface area contributed by atoms with Crippen molar-refractivity contribution >= 4 is 11.6 Å². The minimum Gasteiger partial charge on any atom is -0.478 e. The highest BCUT2D eigenvalue weighted by atomic mass is 16.5. The summed E-state index contributed by atoms with van der Waals surface area (Å²) in [6, 6.07) is 12.6. The molecule has 1 aromatic heterocycles. The van der Waals surface area contributed by atoms with Gasteiger partial charge in [-0.2, -0.15) is 5.26 Å². The normalized spacial score (nSPS) is 9.71. The Morgan fingerprint density at radius 1 is 1.29 bits per heavy atom. The van der Waals surface area contributed by atoms with Crippen LogP contribution in [0.3, 0.4) is 0 Å². The summed E-state index contributed by atoms with van der Waals surface area (Å²) in [7, 11) is 0. The summed E-state index contributed by atoms with van der Waals surface area (Å²) in [5.74, 6) is 0.258. The van der Waals surface area contributed by atoms with E-state index in [1.807, 2.05) is 19.1 Å². The Bertz CT molecular complexity index is 643. The topological polar surface area (TPSA) is 75.0 Å². The largest absolute Gasteiger partial charge is 0.478 e. The van der Waals surface area contributed by atoms with E-state index in [-0.39, 0.29) is 5.91 Å². The number of carbonyl (C=O) groups excluding carboxylic acids is 1. The number of nitrogens with one attached hydrogen (secondary N) is 1. The van der Waals surface area contributed by atoms with Crippen LogP contribution in [0.2, 0.25) is 0 Å². The second kappa shape index (κ2) is 7.06. The molecule has 0 fully saturated rings. The summed E-state index contributed by atoms with van der Waals surface area (Å²) in [5, 5.41) is 11.4. The lowest BCUT2D eigenvalue weighted by Gasteiger charge is -2.06. The quantitative estimate of drug-likeness (QED) is 0.914. The molecule has 21 heavy (non-hydrogen) atoms. The number of hydrogen-bond acceptors (Lipinski definition) is 4. The van der Waals surface area contributed by atoms with Crippen molar-refractivity contribution in [3.05, 3.63) is 53.7 Å². The van der Waals surface area contributed by atoms with Crippen LogP contribution >= 0.6 is 0 Å². The highest BCUT2D eigenvalue weighted by Crippen LogP contribution is 2.13. The average molecular weight is 281 g/mol. The predicted molar refractivity (Wildman–Crippen MR) is 79.1 cm³/mol. The zero-order valence-corrected chi connectivity index (χ0v) is 11.7.